The van der Waals surface area contributed by atoms with Crippen LogP contribution in [0.5, 0.6) is 0 Å². The number of rotatable bonds is 6. The van der Waals surface area contributed by atoms with E-state index in [-0.39, 0.29) is 16.8 Å². The molecular weight excluding hydrogens is 394 g/mol. The van der Waals surface area contributed by atoms with Gasteiger partial charge in [-0.3, -0.25) is 4.79 Å². The normalized spacial score (nSPS) is 15.5. The highest BCUT2D eigenvalue weighted by Gasteiger charge is 2.29. The predicted molar refractivity (Wildman–Crippen MR) is 112 cm³/mol. The van der Waals surface area contributed by atoms with Gasteiger partial charge >= 0.3 is 0 Å². The molecule has 0 saturated heterocycles. The molecule has 1 fully saturated rings. The second-order valence-electron chi connectivity index (χ2n) is 6.88. The lowest BCUT2D eigenvalue weighted by Gasteiger charge is -2.30. The van der Waals surface area contributed by atoms with E-state index in [1.54, 1.807) is 31.4 Å². The van der Waals surface area contributed by atoms with Gasteiger partial charge in [0.25, 0.3) is 5.91 Å². The number of hydrogen-bond acceptors (Lipinski definition) is 5. The number of sulfonamides is 1. The number of pyridine rings is 1. The molecule has 0 aliphatic heterocycles. The molecule has 0 unspecified atom stereocenters. The fraction of sp³-hybridized carbons (Fsp3) is 0.400. The van der Waals surface area contributed by atoms with Crippen molar-refractivity contribution in [2.45, 2.75) is 48.1 Å². The Bertz CT molecular complexity index is 907. The van der Waals surface area contributed by atoms with Crippen LogP contribution in [0.3, 0.4) is 0 Å². The van der Waals surface area contributed by atoms with Crippen molar-refractivity contribution in [3.63, 3.8) is 0 Å². The summed E-state index contributed by atoms with van der Waals surface area (Å²) in [4.78, 5) is 16.8. The molecular formula is C20H25N3O3S2. The van der Waals surface area contributed by atoms with Crippen LogP contribution in [0.2, 0.25) is 0 Å². The number of amides is 1. The molecule has 1 N–H and O–H groups in total. The van der Waals surface area contributed by atoms with Crippen molar-refractivity contribution in [2.24, 2.45) is 0 Å². The smallest absolute Gasteiger partial charge is 0.255 e. The summed E-state index contributed by atoms with van der Waals surface area (Å²) in [5.74, 6) is -0.303. The molecule has 0 atom stereocenters. The number of anilines is 1. The second-order valence-corrected chi connectivity index (χ2v) is 9.70. The van der Waals surface area contributed by atoms with Crippen molar-refractivity contribution in [1.82, 2.24) is 9.29 Å². The number of hydrogen-bond donors (Lipinski definition) is 1. The molecule has 1 aromatic heterocycles. The third-order valence-corrected chi connectivity index (χ3v) is 7.67. The second kappa shape index (κ2) is 9.07. The average Bonchev–Trinajstić information content (AvgIpc) is 2.74. The van der Waals surface area contributed by atoms with E-state index in [1.807, 2.05) is 12.3 Å². The summed E-state index contributed by atoms with van der Waals surface area (Å²) in [6.07, 6.45) is 8.64. The van der Waals surface area contributed by atoms with Gasteiger partial charge < -0.3 is 5.32 Å². The van der Waals surface area contributed by atoms with E-state index in [2.05, 4.69) is 10.3 Å². The van der Waals surface area contributed by atoms with E-state index in [4.69, 9.17) is 0 Å². The van der Waals surface area contributed by atoms with E-state index >= 15 is 0 Å². The lowest BCUT2D eigenvalue weighted by Crippen LogP contribution is -2.38. The van der Waals surface area contributed by atoms with Crippen LogP contribution in [0.25, 0.3) is 0 Å². The van der Waals surface area contributed by atoms with E-state index in [0.717, 1.165) is 30.7 Å². The molecule has 0 spiro atoms. The van der Waals surface area contributed by atoms with Crippen LogP contribution in [0.15, 0.2) is 52.5 Å². The number of aromatic nitrogens is 1. The average molecular weight is 420 g/mol. The van der Waals surface area contributed by atoms with Gasteiger partial charge in [0, 0.05) is 18.7 Å². The van der Waals surface area contributed by atoms with Gasteiger partial charge in [-0.15, -0.1) is 11.8 Å². The van der Waals surface area contributed by atoms with E-state index in [0.29, 0.717) is 11.3 Å². The molecule has 1 saturated carbocycles. The summed E-state index contributed by atoms with van der Waals surface area (Å²) in [6.45, 7) is 0. The van der Waals surface area contributed by atoms with Gasteiger partial charge in [0.2, 0.25) is 10.0 Å². The van der Waals surface area contributed by atoms with Gasteiger partial charge in [-0.05, 0) is 55.5 Å². The monoisotopic (exact) mass is 419 g/mol. The fourth-order valence-electron chi connectivity index (χ4n) is 3.36. The van der Waals surface area contributed by atoms with Gasteiger partial charge in [-0.25, -0.2) is 13.4 Å². The van der Waals surface area contributed by atoms with Crippen molar-refractivity contribution in [1.29, 1.82) is 0 Å². The Balaban J connectivity index is 1.70. The molecule has 8 heteroatoms. The highest BCUT2D eigenvalue weighted by atomic mass is 32.2. The Morgan fingerprint density at radius 2 is 1.79 bits per heavy atom. The van der Waals surface area contributed by atoms with Crippen molar-refractivity contribution >= 4 is 33.4 Å². The maximum Gasteiger partial charge on any atom is 0.255 e. The first-order valence-corrected chi connectivity index (χ1v) is 12.0. The Morgan fingerprint density at radius 1 is 1.11 bits per heavy atom. The van der Waals surface area contributed by atoms with Crippen LogP contribution in [0, 0.1) is 0 Å². The highest BCUT2D eigenvalue weighted by Crippen LogP contribution is 2.26. The standard InChI is InChI=1S/C20H25N3O3S2/c1-23(17-6-4-3-5-7-17)28(25,26)18-11-8-15(9-12-18)20(24)22-16-10-13-19(27-2)21-14-16/h8-14,17H,3-7H2,1-2H3,(H,22,24). The van der Waals surface area contributed by atoms with E-state index in [9.17, 15) is 13.2 Å². The fourth-order valence-corrected chi connectivity index (χ4v) is 5.14. The van der Waals surface area contributed by atoms with E-state index in [1.165, 1.54) is 34.6 Å². The van der Waals surface area contributed by atoms with Crippen LogP contribution < -0.4 is 5.32 Å². The minimum Gasteiger partial charge on any atom is -0.321 e. The highest BCUT2D eigenvalue weighted by molar-refractivity contribution is 7.98. The van der Waals surface area contributed by atoms with Crippen molar-refractivity contribution in [3.05, 3.63) is 48.2 Å². The van der Waals surface area contributed by atoms with Gasteiger partial charge in [0.15, 0.2) is 0 Å². The Kier molecular flexibility index (Phi) is 6.74. The first-order chi connectivity index (χ1) is 13.4. The van der Waals surface area contributed by atoms with Crippen LogP contribution in [0.4, 0.5) is 5.69 Å². The van der Waals surface area contributed by atoms with Crippen LogP contribution in [0.1, 0.15) is 42.5 Å². The summed E-state index contributed by atoms with van der Waals surface area (Å²) in [6, 6.07) is 9.75. The molecule has 0 radical (unpaired) electrons. The summed E-state index contributed by atoms with van der Waals surface area (Å²) < 4.78 is 27.2. The Hall–Kier alpha value is -1.90. The summed E-state index contributed by atoms with van der Waals surface area (Å²) in [7, 11) is -1.91. The van der Waals surface area contributed by atoms with Crippen LogP contribution in [-0.2, 0) is 10.0 Å². The third-order valence-electron chi connectivity index (χ3n) is 5.09. The molecule has 1 aliphatic carbocycles. The number of thioether (sulfide) groups is 1. The Labute approximate surface area is 170 Å². The first-order valence-electron chi connectivity index (χ1n) is 9.31. The molecule has 0 bridgehead atoms. The first kappa shape index (κ1) is 20.8. The molecule has 2 aromatic rings. The molecule has 6 nitrogen and oxygen atoms in total. The number of nitrogens with one attached hydrogen (secondary N) is 1. The third kappa shape index (κ3) is 4.74. The largest absolute Gasteiger partial charge is 0.321 e. The predicted octanol–water partition coefficient (Wildman–Crippen LogP) is 4.01. The molecule has 1 aromatic carbocycles. The van der Waals surface area contributed by atoms with Gasteiger partial charge in [0.1, 0.15) is 0 Å². The molecule has 150 valence electrons. The van der Waals surface area contributed by atoms with Gasteiger partial charge in [-0.1, -0.05) is 19.3 Å². The molecule has 1 heterocycles. The topological polar surface area (TPSA) is 79.4 Å². The van der Waals surface area contributed by atoms with Crippen molar-refractivity contribution < 1.29 is 13.2 Å². The summed E-state index contributed by atoms with van der Waals surface area (Å²) in [5.41, 5.74) is 0.991. The quantitative estimate of drug-likeness (QED) is 0.716. The van der Waals surface area contributed by atoms with Crippen LogP contribution >= 0.6 is 11.8 Å². The lowest BCUT2D eigenvalue weighted by molar-refractivity contribution is 0.102. The van der Waals surface area contributed by atoms with Crippen molar-refractivity contribution in [3.8, 4) is 0 Å². The molecule has 1 amide bonds. The number of nitrogens with zero attached hydrogens (tertiary/aromatic N) is 2. The van der Waals surface area contributed by atoms with Crippen LogP contribution in [-0.4, -0.2) is 43.0 Å². The van der Waals surface area contributed by atoms with Gasteiger partial charge in [0.05, 0.1) is 21.8 Å². The maximum absolute atomic E-state index is 12.9. The molecule has 1 aliphatic rings. The van der Waals surface area contributed by atoms with Crippen molar-refractivity contribution in [2.75, 3.05) is 18.6 Å². The van der Waals surface area contributed by atoms with E-state index < -0.39 is 10.0 Å². The number of benzene rings is 1. The SMILES string of the molecule is CSc1ccc(NC(=O)c2ccc(S(=O)(=O)N(C)C3CCCCC3)cc2)cn1. The minimum absolute atomic E-state index is 0.0541. The summed E-state index contributed by atoms with van der Waals surface area (Å²) in [5, 5.41) is 3.64. The zero-order valence-corrected chi connectivity index (χ0v) is 17.7. The summed E-state index contributed by atoms with van der Waals surface area (Å²) >= 11 is 1.52. The van der Waals surface area contributed by atoms with Gasteiger partial charge in [-0.2, -0.15) is 4.31 Å². The molecule has 28 heavy (non-hydrogen) atoms. The maximum atomic E-state index is 12.9. The zero-order chi connectivity index (χ0) is 20.1. The lowest BCUT2D eigenvalue weighted by atomic mass is 9.96. The molecule has 3 rings (SSSR count). The zero-order valence-electron chi connectivity index (χ0n) is 16.1. The Morgan fingerprint density at radius 3 is 2.36 bits per heavy atom. The number of carbonyl (C=O) groups excluding carboxylic acids is 1. The number of carbonyl (C=O) groups is 1. The minimum atomic E-state index is -3.56.